The molecule has 0 bridgehead atoms. The van der Waals surface area contributed by atoms with Crippen LogP contribution in [-0.4, -0.2) is 30.4 Å². The number of nitrogens with one attached hydrogen (secondary N) is 1. The molecule has 1 atom stereocenters. The molecule has 1 N–H and O–H groups in total. The maximum atomic E-state index is 13.2. The van der Waals surface area contributed by atoms with Crippen LogP contribution in [0.4, 0.5) is 0 Å². The van der Waals surface area contributed by atoms with E-state index in [-0.39, 0.29) is 16.8 Å². The minimum Gasteiger partial charge on any atom is -0.344 e. The summed E-state index contributed by atoms with van der Waals surface area (Å²) in [6.07, 6.45) is 1.17. The predicted octanol–water partition coefficient (Wildman–Crippen LogP) is 4.50. The number of nitrogens with zero attached hydrogens (tertiary/aromatic N) is 2. The van der Waals surface area contributed by atoms with Crippen molar-refractivity contribution in [3.05, 3.63) is 89.4 Å². The molecule has 0 aliphatic rings. The van der Waals surface area contributed by atoms with Crippen LogP contribution < -0.4 is 5.32 Å². The van der Waals surface area contributed by atoms with Gasteiger partial charge in [-0.1, -0.05) is 36.4 Å². The van der Waals surface area contributed by atoms with Gasteiger partial charge in [0, 0.05) is 6.26 Å². The van der Waals surface area contributed by atoms with Crippen molar-refractivity contribution in [3.8, 4) is 16.3 Å². The predicted molar refractivity (Wildman–Crippen MR) is 122 cm³/mol. The van der Waals surface area contributed by atoms with Gasteiger partial charge in [0.05, 0.1) is 21.5 Å². The van der Waals surface area contributed by atoms with E-state index in [4.69, 9.17) is 0 Å². The highest BCUT2D eigenvalue weighted by Gasteiger charge is 2.20. The molecule has 31 heavy (non-hydrogen) atoms. The first-order valence-electron chi connectivity index (χ1n) is 9.63. The molecule has 6 nitrogen and oxygen atoms in total. The first-order valence-corrected chi connectivity index (χ1v) is 12.4. The Balaban J connectivity index is 1.63. The third-order valence-electron chi connectivity index (χ3n) is 4.87. The van der Waals surface area contributed by atoms with E-state index in [1.807, 2.05) is 54.8 Å². The molecule has 2 aromatic carbocycles. The summed E-state index contributed by atoms with van der Waals surface area (Å²) < 4.78 is 25.0. The summed E-state index contributed by atoms with van der Waals surface area (Å²) in [6, 6.07) is 21.4. The van der Waals surface area contributed by atoms with Crippen LogP contribution in [-0.2, 0) is 9.84 Å². The molecule has 0 fully saturated rings. The molecule has 2 heterocycles. The van der Waals surface area contributed by atoms with Crippen molar-refractivity contribution in [3.63, 3.8) is 0 Å². The zero-order valence-electron chi connectivity index (χ0n) is 17.0. The number of aromatic nitrogens is 2. The minimum absolute atomic E-state index is 0.248. The van der Waals surface area contributed by atoms with E-state index in [1.54, 1.807) is 46.4 Å². The van der Waals surface area contributed by atoms with E-state index in [0.29, 0.717) is 5.69 Å². The molecule has 2 aromatic heterocycles. The highest BCUT2D eigenvalue weighted by molar-refractivity contribution is 7.90. The second kappa shape index (κ2) is 8.49. The molecule has 158 valence electrons. The maximum absolute atomic E-state index is 13.2. The molecule has 8 heteroatoms. The molecule has 4 aromatic rings. The molecular formula is C23H21N3O3S2. The Labute approximate surface area is 185 Å². The Morgan fingerprint density at radius 2 is 1.74 bits per heavy atom. The van der Waals surface area contributed by atoms with E-state index >= 15 is 0 Å². The van der Waals surface area contributed by atoms with Crippen LogP contribution in [0.2, 0.25) is 0 Å². The second-order valence-electron chi connectivity index (χ2n) is 7.18. The molecule has 0 aliphatic heterocycles. The van der Waals surface area contributed by atoms with Gasteiger partial charge in [-0.15, -0.1) is 11.3 Å². The Hall–Kier alpha value is -3.23. The SMILES string of the molecule is C[C@@H](NC(=O)c1cc(-c2cccs2)nn1-c1ccccc1)c1ccc(S(C)(=O)=O)cc1. The van der Waals surface area contributed by atoms with Gasteiger partial charge >= 0.3 is 0 Å². The van der Waals surface area contributed by atoms with Crippen molar-refractivity contribution in [1.29, 1.82) is 0 Å². The van der Waals surface area contributed by atoms with Crippen LogP contribution in [0.3, 0.4) is 0 Å². The fraction of sp³-hybridized carbons (Fsp3) is 0.130. The third-order valence-corrected chi connectivity index (χ3v) is 6.89. The summed E-state index contributed by atoms with van der Waals surface area (Å²) in [5.74, 6) is -0.265. The van der Waals surface area contributed by atoms with Crippen LogP contribution in [0, 0.1) is 0 Å². The first kappa shape index (κ1) is 21.0. The molecule has 0 saturated heterocycles. The number of para-hydroxylation sites is 1. The van der Waals surface area contributed by atoms with Crippen LogP contribution >= 0.6 is 11.3 Å². The van der Waals surface area contributed by atoms with Crippen molar-refractivity contribution in [2.24, 2.45) is 0 Å². The number of carbonyl (C=O) groups is 1. The first-order chi connectivity index (χ1) is 14.8. The summed E-state index contributed by atoms with van der Waals surface area (Å²) in [5, 5.41) is 9.63. The number of hydrogen-bond donors (Lipinski definition) is 1. The lowest BCUT2D eigenvalue weighted by Gasteiger charge is -2.15. The highest BCUT2D eigenvalue weighted by Crippen LogP contribution is 2.26. The standard InChI is InChI=1S/C23H21N3O3S2/c1-16(17-10-12-19(13-11-17)31(2,28)29)24-23(27)21-15-20(22-9-6-14-30-22)25-26(21)18-7-4-3-5-8-18/h3-16H,1-2H3,(H,24,27)/t16-/m1/s1. The molecule has 4 rings (SSSR count). The number of hydrogen-bond acceptors (Lipinski definition) is 5. The summed E-state index contributed by atoms with van der Waals surface area (Å²) in [4.78, 5) is 14.4. The zero-order chi connectivity index (χ0) is 22.0. The van der Waals surface area contributed by atoms with Crippen molar-refractivity contribution in [1.82, 2.24) is 15.1 Å². The Morgan fingerprint density at radius 3 is 2.35 bits per heavy atom. The van der Waals surface area contributed by atoms with Gasteiger partial charge in [0.15, 0.2) is 9.84 Å². The minimum atomic E-state index is -3.26. The molecular weight excluding hydrogens is 430 g/mol. The third kappa shape index (κ3) is 4.60. The van der Waals surface area contributed by atoms with Crippen molar-refractivity contribution in [2.75, 3.05) is 6.26 Å². The number of rotatable bonds is 6. The maximum Gasteiger partial charge on any atom is 0.270 e. The van der Waals surface area contributed by atoms with Crippen LogP contribution in [0.1, 0.15) is 29.0 Å². The lowest BCUT2D eigenvalue weighted by atomic mass is 10.1. The summed E-state index contributed by atoms with van der Waals surface area (Å²) in [6.45, 7) is 1.86. The summed E-state index contributed by atoms with van der Waals surface area (Å²) >= 11 is 1.56. The Morgan fingerprint density at radius 1 is 1.03 bits per heavy atom. The normalized spacial score (nSPS) is 12.5. The second-order valence-corrected chi connectivity index (χ2v) is 10.1. The van der Waals surface area contributed by atoms with Gasteiger partial charge in [0.25, 0.3) is 5.91 Å². The fourth-order valence-electron chi connectivity index (χ4n) is 3.21. The molecule has 1 amide bonds. The van der Waals surface area contributed by atoms with Crippen LogP contribution in [0.25, 0.3) is 16.3 Å². The van der Waals surface area contributed by atoms with Crippen LogP contribution in [0.15, 0.2) is 83.1 Å². The molecule has 0 saturated carbocycles. The Bertz CT molecular complexity index is 1290. The average Bonchev–Trinajstić information content (AvgIpc) is 3.44. The average molecular weight is 452 g/mol. The number of thiophene rings is 1. The molecule has 0 unspecified atom stereocenters. The number of benzene rings is 2. The number of sulfone groups is 1. The monoisotopic (exact) mass is 451 g/mol. The quantitative estimate of drug-likeness (QED) is 0.468. The summed E-state index contributed by atoms with van der Waals surface area (Å²) in [5.41, 5.74) is 2.76. The van der Waals surface area contributed by atoms with Crippen molar-refractivity contribution >= 4 is 27.1 Å². The molecule has 0 radical (unpaired) electrons. The molecule has 0 aliphatic carbocycles. The van der Waals surface area contributed by atoms with Gasteiger partial charge in [0.2, 0.25) is 0 Å². The van der Waals surface area contributed by atoms with Gasteiger partial charge in [-0.2, -0.15) is 5.10 Å². The van der Waals surface area contributed by atoms with Gasteiger partial charge in [0.1, 0.15) is 11.4 Å². The van der Waals surface area contributed by atoms with E-state index in [1.165, 1.54) is 6.26 Å². The fourth-order valence-corrected chi connectivity index (χ4v) is 4.52. The van der Waals surface area contributed by atoms with E-state index in [2.05, 4.69) is 10.4 Å². The highest BCUT2D eigenvalue weighted by atomic mass is 32.2. The van der Waals surface area contributed by atoms with E-state index < -0.39 is 9.84 Å². The zero-order valence-corrected chi connectivity index (χ0v) is 18.7. The number of amides is 1. The lowest BCUT2D eigenvalue weighted by molar-refractivity contribution is 0.0932. The smallest absolute Gasteiger partial charge is 0.270 e. The topological polar surface area (TPSA) is 81.1 Å². The summed E-state index contributed by atoms with van der Waals surface area (Å²) in [7, 11) is -3.26. The van der Waals surface area contributed by atoms with E-state index in [9.17, 15) is 13.2 Å². The van der Waals surface area contributed by atoms with Gasteiger partial charge in [-0.25, -0.2) is 13.1 Å². The van der Waals surface area contributed by atoms with Gasteiger partial charge in [-0.05, 0) is 54.3 Å². The van der Waals surface area contributed by atoms with Gasteiger partial charge in [-0.3, -0.25) is 4.79 Å². The van der Waals surface area contributed by atoms with Gasteiger partial charge < -0.3 is 5.32 Å². The largest absolute Gasteiger partial charge is 0.344 e. The lowest BCUT2D eigenvalue weighted by Crippen LogP contribution is -2.28. The van der Waals surface area contributed by atoms with E-state index in [0.717, 1.165) is 21.8 Å². The van der Waals surface area contributed by atoms with Crippen LogP contribution in [0.5, 0.6) is 0 Å². The van der Waals surface area contributed by atoms with Crippen molar-refractivity contribution < 1.29 is 13.2 Å². The number of carbonyl (C=O) groups excluding carboxylic acids is 1. The Kier molecular flexibility index (Phi) is 5.75. The van der Waals surface area contributed by atoms with Crippen molar-refractivity contribution in [2.45, 2.75) is 17.9 Å². The molecule has 0 spiro atoms.